The second kappa shape index (κ2) is 7.95. The van der Waals surface area contributed by atoms with Crippen LogP contribution in [0.1, 0.15) is 19.4 Å². The molecule has 8 heteroatoms. The highest BCUT2D eigenvalue weighted by Crippen LogP contribution is 2.24. The van der Waals surface area contributed by atoms with E-state index in [1.54, 1.807) is 50.2 Å². The molecule has 0 saturated carbocycles. The fourth-order valence-electron chi connectivity index (χ4n) is 2.89. The van der Waals surface area contributed by atoms with Crippen LogP contribution >= 0.6 is 0 Å². The van der Waals surface area contributed by atoms with E-state index >= 15 is 0 Å². The largest absolute Gasteiger partial charge is 0.480 e. The number of hydrogen-bond donors (Lipinski definition) is 1. The number of nitrogens with zero attached hydrogens (tertiary/aromatic N) is 2. The van der Waals surface area contributed by atoms with E-state index in [2.05, 4.69) is 4.99 Å². The van der Waals surface area contributed by atoms with Crippen molar-refractivity contribution >= 4 is 32.7 Å². The molecule has 0 spiro atoms. The second-order valence-electron chi connectivity index (χ2n) is 6.00. The molecule has 0 atom stereocenters. The number of aromatic hydroxyl groups is 1. The van der Waals surface area contributed by atoms with E-state index in [-0.39, 0.29) is 10.5 Å². The Morgan fingerprint density at radius 2 is 1.64 bits per heavy atom. The van der Waals surface area contributed by atoms with Crippen molar-refractivity contribution in [1.29, 1.82) is 0 Å². The fourth-order valence-corrected chi connectivity index (χ4v) is 4.35. The number of aliphatic imine (C=N–C) groups is 1. The van der Waals surface area contributed by atoms with Crippen molar-refractivity contribution in [3.63, 3.8) is 0 Å². The molecule has 0 aliphatic heterocycles. The summed E-state index contributed by atoms with van der Waals surface area (Å²) in [5.74, 6) is -0.520. The highest BCUT2D eigenvalue weighted by atomic mass is 32.2. The minimum absolute atomic E-state index is 0.189. The predicted molar refractivity (Wildman–Crippen MR) is 108 cm³/mol. The van der Waals surface area contributed by atoms with Crippen molar-refractivity contribution in [3.05, 3.63) is 64.5 Å². The number of benzene rings is 2. The van der Waals surface area contributed by atoms with Gasteiger partial charge in [0.1, 0.15) is 0 Å². The van der Waals surface area contributed by atoms with E-state index in [9.17, 15) is 18.3 Å². The molecule has 0 saturated heterocycles. The van der Waals surface area contributed by atoms with E-state index in [0.717, 1.165) is 0 Å². The van der Waals surface area contributed by atoms with Gasteiger partial charge in [0.25, 0.3) is 5.95 Å². The molecule has 0 aliphatic rings. The van der Waals surface area contributed by atoms with E-state index in [0.29, 0.717) is 29.5 Å². The van der Waals surface area contributed by atoms with E-state index in [4.69, 9.17) is 4.42 Å². The first-order chi connectivity index (χ1) is 13.4. The molecule has 7 nitrogen and oxygen atoms in total. The minimum Gasteiger partial charge on any atom is -0.480 e. The SMILES string of the molecule is CCN(CC)S(=O)(=O)c1ccc(N=Cc2c(O)oc(=O)c3ccccc23)cc1. The molecule has 1 N–H and O–H groups in total. The van der Waals surface area contributed by atoms with Crippen LogP contribution in [0.25, 0.3) is 10.8 Å². The van der Waals surface area contributed by atoms with Crippen LogP contribution in [-0.4, -0.2) is 37.1 Å². The Morgan fingerprint density at radius 3 is 2.25 bits per heavy atom. The zero-order valence-electron chi connectivity index (χ0n) is 15.5. The molecule has 1 aromatic heterocycles. The number of sulfonamides is 1. The minimum atomic E-state index is -3.53. The Kier molecular flexibility index (Phi) is 5.62. The fraction of sp³-hybridized carbons (Fsp3) is 0.200. The van der Waals surface area contributed by atoms with E-state index in [1.165, 1.54) is 22.7 Å². The van der Waals surface area contributed by atoms with Crippen LogP contribution in [0, 0.1) is 0 Å². The second-order valence-corrected chi connectivity index (χ2v) is 7.93. The van der Waals surface area contributed by atoms with E-state index < -0.39 is 21.6 Å². The standard InChI is InChI=1S/C20H20N2O5S/c1-3-22(4-2)28(25,26)15-11-9-14(10-12-15)21-13-18-16-7-5-6-8-17(16)19(23)27-20(18)24/h5-13,24H,3-4H2,1-2H3. The van der Waals surface area contributed by atoms with Gasteiger partial charge in [0.05, 0.1) is 21.5 Å². The van der Waals surface area contributed by atoms with Crippen LogP contribution in [-0.2, 0) is 10.0 Å². The maximum atomic E-state index is 12.5. The average Bonchev–Trinajstić information content (AvgIpc) is 2.69. The van der Waals surface area contributed by atoms with Crippen LogP contribution in [0.5, 0.6) is 5.95 Å². The van der Waals surface area contributed by atoms with E-state index in [1.807, 2.05) is 0 Å². The van der Waals surface area contributed by atoms with Gasteiger partial charge in [-0.15, -0.1) is 0 Å². The summed E-state index contributed by atoms with van der Waals surface area (Å²) in [5.41, 5.74) is 0.138. The van der Waals surface area contributed by atoms with Gasteiger partial charge in [0.2, 0.25) is 10.0 Å². The topological polar surface area (TPSA) is 100 Å². The normalized spacial score (nSPS) is 12.2. The number of rotatable bonds is 6. The Morgan fingerprint density at radius 1 is 1.04 bits per heavy atom. The molecule has 1 heterocycles. The summed E-state index contributed by atoms with van der Waals surface area (Å²) in [6.45, 7) is 4.36. The third-order valence-electron chi connectivity index (χ3n) is 4.38. The molecule has 0 radical (unpaired) electrons. The maximum Gasteiger partial charge on any atom is 0.346 e. The summed E-state index contributed by atoms with van der Waals surface area (Å²) in [6.07, 6.45) is 1.38. The van der Waals surface area contributed by atoms with Crippen LogP contribution in [0.4, 0.5) is 5.69 Å². The predicted octanol–water partition coefficient (Wildman–Crippen LogP) is 3.28. The molecule has 146 valence electrons. The van der Waals surface area contributed by atoms with Gasteiger partial charge >= 0.3 is 5.63 Å². The summed E-state index contributed by atoms with van der Waals surface area (Å²) in [6, 6.07) is 12.9. The summed E-state index contributed by atoms with van der Waals surface area (Å²) in [7, 11) is -3.53. The first-order valence-corrected chi connectivity index (χ1v) is 10.2. The molecule has 2 aromatic carbocycles. The van der Waals surface area contributed by atoms with Gasteiger partial charge in [-0.25, -0.2) is 13.2 Å². The Bertz CT molecular complexity index is 1180. The third kappa shape index (κ3) is 3.69. The maximum absolute atomic E-state index is 12.5. The molecule has 3 aromatic rings. The number of fused-ring (bicyclic) bond motifs is 1. The van der Waals surface area contributed by atoms with Crippen LogP contribution < -0.4 is 5.63 Å². The number of hydrogen-bond acceptors (Lipinski definition) is 6. The monoisotopic (exact) mass is 400 g/mol. The van der Waals surface area contributed by atoms with Gasteiger partial charge in [-0.05, 0) is 30.3 Å². The van der Waals surface area contributed by atoms with Crippen molar-refractivity contribution in [2.24, 2.45) is 4.99 Å². The van der Waals surface area contributed by atoms with Gasteiger partial charge in [-0.3, -0.25) is 4.99 Å². The summed E-state index contributed by atoms with van der Waals surface area (Å²) in [4.78, 5) is 16.3. The zero-order valence-corrected chi connectivity index (χ0v) is 16.3. The molecule has 0 unspecified atom stereocenters. The van der Waals surface area contributed by atoms with Crippen molar-refractivity contribution in [3.8, 4) is 5.95 Å². The van der Waals surface area contributed by atoms with Crippen LogP contribution in [0.3, 0.4) is 0 Å². The Labute approximate surface area is 162 Å². The van der Waals surface area contributed by atoms with Gasteiger partial charge in [-0.2, -0.15) is 4.31 Å². The molecular formula is C20H20N2O5S. The van der Waals surface area contributed by atoms with Crippen LogP contribution in [0.2, 0.25) is 0 Å². The van der Waals surface area contributed by atoms with Crippen molar-refractivity contribution < 1.29 is 17.9 Å². The molecule has 0 amide bonds. The highest BCUT2D eigenvalue weighted by molar-refractivity contribution is 7.89. The van der Waals surface area contributed by atoms with Crippen molar-refractivity contribution in [1.82, 2.24) is 4.31 Å². The molecule has 0 aliphatic carbocycles. The molecule has 0 bridgehead atoms. The molecule has 28 heavy (non-hydrogen) atoms. The lowest BCUT2D eigenvalue weighted by Crippen LogP contribution is -2.30. The summed E-state index contributed by atoms with van der Waals surface area (Å²) < 4.78 is 31.3. The quantitative estimate of drug-likeness (QED) is 0.640. The molecule has 0 fully saturated rings. The molecule has 3 rings (SSSR count). The highest BCUT2D eigenvalue weighted by Gasteiger charge is 2.21. The van der Waals surface area contributed by atoms with Gasteiger partial charge in [0.15, 0.2) is 0 Å². The van der Waals surface area contributed by atoms with Crippen LogP contribution in [0.15, 0.2) is 67.6 Å². The summed E-state index contributed by atoms with van der Waals surface area (Å²) >= 11 is 0. The lowest BCUT2D eigenvalue weighted by Gasteiger charge is -2.18. The third-order valence-corrected chi connectivity index (χ3v) is 6.44. The zero-order chi connectivity index (χ0) is 20.3. The molecular weight excluding hydrogens is 380 g/mol. The first kappa shape index (κ1) is 19.8. The smallest absolute Gasteiger partial charge is 0.346 e. The summed E-state index contributed by atoms with van der Waals surface area (Å²) in [5, 5.41) is 10.8. The average molecular weight is 400 g/mol. The van der Waals surface area contributed by atoms with Gasteiger partial charge in [-0.1, -0.05) is 32.0 Å². The lowest BCUT2D eigenvalue weighted by molar-refractivity contribution is 0.312. The van der Waals surface area contributed by atoms with Gasteiger partial charge in [0, 0.05) is 24.7 Å². The Hall–Kier alpha value is -2.97. The van der Waals surface area contributed by atoms with Gasteiger partial charge < -0.3 is 9.52 Å². The van der Waals surface area contributed by atoms with Crippen molar-refractivity contribution in [2.45, 2.75) is 18.7 Å². The van der Waals surface area contributed by atoms with Crippen molar-refractivity contribution in [2.75, 3.05) is 13.1 Å². The Balaban J connectivity index is 1.95. The lowest BCUT2D eigenvalue weighted by atomic mass is 10.1. The first-order valence-electron chi connectivity index (χ1n) is 8.77.